The quantitative estimate of drug-likeness (QED) is 0.266. The molecule has 2 N–H and O–H groups in total. The Morgan fingerprint density at radius 2 is 1.67 bits per heavy atom. The van der Waals surface area contributed by atoms with Gasteiger partial charge in [0, 0.05) is 16.6 Å². The number of ether oxygens (including phenoxy) is 2. The summed E-state index contributed by atoms with van der Waals surface area (Å²) in [6.07, 6.45) is -0.237. The van der Waals surface area contributed by atoms with Gasteiger partial charge in [-0.05, 0) is 36.4 Å². The summed E-state index contributed by atoms with van der Waals surface area (Å²) in [7, 11) is 0. The monoisotopic (exact) mass is 425 g/mol. The van der Waals surface area contributed by atoms with Crippen LogP contribution < -0.4 is 5.32 Å². The summed E-state index contributed by atoms with van der Waals surface area (Å²) in [5.74, 6) is -0.223. The summed E-state index contributed by atoms with van der Waals surface area (Å²) < 4.78 is 10.8. The Kier molecular flexibility index (Phi) is 7.57. The number of aromatic hydroxyl groups is 1. The number of phenols is 1. The molecule has 0 aliphatic heterocycles. The molecule has 0 bridgehead atoms. The Morgan fingerprint density at radius 1 is 0.967 bits per heavy atom. The van der Waals surface area contributed by atoms with Crippen molar-refractivity contribution in [2.75, 3.05) is 17.7 Å². The lowest BCUT2D eigenvalue weighted by Gasteiger charge is -2.21. The van der Waals surface area contributed by atoms with Crippen molar-refractivity contribution in [1.29, 1.82) is 0 Å². The third-order valence-electron chi connectivity index (χ3n) is 4.55. The van der Waals surface area contributed by atoms with Crippen LogP contribution in [-0.4, -0.2) is 29.5 Å². The number of hydrogen-bond donors (Lipinski definition) is 3. The molecule has 3 rings (SSSR count). The highest BCUT2D eigenvalue weighted by atomic mass is 32.1. The normalized spacial score (nSPS) is 11.6. The number of amides is 1. The van der Waals surface area contributed by atoms with E-state index in [9.17, 15) is 14.7 Å². The van der Waals surface area contributed by atoms with Crippen LogP contribution in [0.1, 0.15) is 24.5 Å². The molecular weight excluding hydrogens is 402 g/mol. The van der Waals surface area contributed by atoms with E-state index in [1.165, 1.54) is 0 Å². The highest BCUT2D eigenvalue weighted by Crippen LogP contribution is 2.34. The molecule has 3 aromatic rings. The van der Waals surface area contributed by atoms with Crippen molar-refractivity contribution >= 4 is 41.2 Å². The van der Waals surface area contributed by atoms with E-state index in [-0.39, 0.29) is 18.1 Å². The number of nitrogens with one attached hydrogen (secondary N) is 1. The molecule has 0 unspecified atom stereocenters. The zero-order chi connectivity index (χ0) is 21.3. The van der Waals surface area contributed by atoms with Crippen LogP contribution in [0.3, 0.4) is 0 Å². The number of esters is 1. The fourth-order valence-corrected chi connectivity index (χ4v) is 3.25. The van der Waals surface area contributed by atoms with Crippen LogP contribution in [0, 0.1) is 0 Å². The smallest absolute Gasteiger partial charge is 0.412 e. The molecule has 0 aliphatic rings. The molecule has 0 fully saturated rings. The van der Waals surface area contributed by atoms with Gasteiger partial charge in [0.25, 0.3) is 0 Å². The van der Waals surface area contributed by atoms with Gasteiger partial charge in [-0.3, -0.25) is 10.1 Å². The summed E-state index contributed by atoms with van der Waals surface area (Å²) >= 11 is 3.88. The first-order valence-electron chi connectivity index (χ1n) is 9.58. The zero-order valence-electron chi connectivity index (χ0n) is 16.3. The Hall–Kier alpha value is -3.19. The van der Waals surface area contributed by atoms with Crippen molar-refractivity contribution in [3.8, 4) is 5.75 Å². The van der Waals surface area contributed by atoms with Gasteiger partial charge in [-0.25, -0.2) is 4.79 Å². The second-order valence-electron chi connectivity index (χ2n) is 6.63. The van der Waals surface area contributed by atoms with Gasteiger partial charge in [-0.1, -0.05) is 48.5 Å². The number of hydrogen-bond acceptors (Lipinski definition) is 6. The topological polar surface area (TPSA) is 84.9 Å². The van der Waals surface area contributed by atoms with E-state index in [2.05, 4.69) is 17.9 Å². The fourth-order valence-electron chi connectivity index (χ4n) is 3.16. The van der Waals surface area contributed by atoms with Crippen LogP contribution in [0.4, 0.5) is 10.5 Å². The summed E-state index contributed by atoms with van der Waals surface area (Å²) in [6, 6.07) is 19.7. The highest BCUT2D eigenvalue weighted by molar-refractivity contribution is 7.81. The molecule has 0 saturated carbocycles. The minimum atomic E-state index is -0.589. The lowest BCUT2D eigenvalue weighted by molar-refractivity contribution is -0.140. The number of carbonyl (C=O) groups is 2. The van der Waals surface area contributed by atoms with Gasteiger partial charge < -0.3 is 14.6 Å². The van der Waals surface area contributed by atoms with E-state index in [0.717, 1.165) is 10.9 Å². The Bertz CT molecular complexity index is 1010. The van der Waals surface area contributed by atoms with Crippen LogP contribution >= 0.6 is 12.6 Å². The first-order valence-corrected chi connectivity index (χ1v) is 10.2. The minimum absolute atomic E-state index is 0.0159. The number of benzene rings is 3. The van der Waals surface area contributed by atoms with E-state index in [4.69, 9.17) is 9.47 Å². The number of anilines is 1. The van der Waals surface area contributed by atoms with Crippen LogP contribution in [-0.2, 0) is 14.3 Å². The van der Waals surface area contributed by atoms with E-state index in [0.29, 0.717) is 23.9 Å². The highest BCUT2D eigenvalue weighted by Gasteiger charge is 2.20. The minimum Gasteiger partial charge on any atom is -0.507 e. The molecule has 0 spiro atoms. The molecule has 0 aromatic heterocycles. The predicted molar refractivity (Wildman–Crippen MR) is 119 cm³/mol. The molecule has 3 aromatic carbocycles. The van der Waals surface area contributed by atoms with Crippen molar-refractivity contribution in [2.45, 2.75) is 18.9 Å². The summed E-state index contributed by atoms with van der Waals surface area (Å²) in [5, 5.41) is 14.4. The molecule has 1 atom stereocenters. The van der Waals surface area contributed by atoms with Crippen LogP contribution in [0.15, 0.2) is 66.7 Å². The lowest BCUT2D eigenvalue weighted by atomic mass is 9.97. The van der Waals surface area contributed by atoms with Gasteiger partial charge in [0.05, 0.1) is 12.4 Å². The second-order valence-corrected chi connectivity index (χ2v) is 6.94. The largest absolute Gasteiger partial charge is 0.507 e. The molecule has 0 radical (unpaired) electrons. The Labute approximate surface area is 180 Å². The van der Waals surface area contributed by atoms with E-state index in [1.54, 1.807) is 24.3 Å². The van der Waals surface area contributed by atoms with E-state index < -0.39 is 18.2 Å². The van der Waals surface area contributed by atoms with Crippen molar-refractivity contribution in [2.24, 2.45) is 0 Å². The maximum Gasteiger partial charge on any atom is 0.412 e. The summed E-state index contributed by atoms with van der Waals surface area (Å²) in [4.78, 5) is 23.8. The first kappa shape index (κ1) is 21.5. The van der Waals surface area contributed by atoms with Crippen molar-refractivity contribution in [1.82, 2.24) is 0 Å². The van der Waals surface area contributed by atoms with Crippen molar-refractivity contribution < 1.29 is 24.2 Å². The van der Waals surface area contributed by atoms with Crippen LogP contribution in [0.25, 0.3) is 10.8 Å². The molecule has 7 heteroatoms. The van der Waals surface area contributed by atoms with E-state index in [1.807, 2.05) is 42.5 Å². The number of para-hydroxylation sites is 1. The van der Waals surface area contributed by atoms with Gasteiger partial charge in [0.1, 0.15) is 11.9 Å². The third-order valence-corrected chi connectivity index (χ3v) is 4.81. The molecule has 30 heavy (non-hydrogen) atoms. The van der Waals surface area contributed by atoms with Gasteiger partial charge in [0.2, 0.25) is 0 Å². The molecule has 0 heterocycles. The van der Waals surface area contributed by atoms with Crippen molar-refractivity contribution in [3.63, 3.8) is 0 Å². The molecule has 156 valence electrons. The number of rotatable bonds is 8. The SMILES string of the molecule is O=C(CS)OCCC[C@@H](OC(=O)Nc1ccccc1)c1ccc(O)c2ccccc12. The predicted octanol–water partition coefficient (Wildman–Crippen LogP) is 5.09. The standard InChI is InChI=1S/C23H23NO5S/c25-20-13-12-19(17-9-4-5-10-18(17)20)21(11-6-14-28-22(26)15-30)29-23(27)24-16-7-2-1-3-8-16/h1-5,7-10,12-13,21,25,30H,6,11,14-15H2,(H,24,27)/t21-/m1/s1. The zero-order valence-corrected chi connectivity index (χ0v) is 17.2. The average molecular weight is 426 g/mol. The van der Waals surface area contributed by atoms with Crippen LogP contribution in [0.5, 0.6) is 5.75 Å². The van der Waals surface area contributed by atoms with Crippen molar-refractivity contribution in [3.05, 3.63) is 72.3 Å². The fraction of sp³-hybridized carbons (Fsp3) is 0.217. The van der Waals surface area contributed by atoms with Gasteiger partial charge in [-0.2, -0.15) is 12.6 Å². The molecule has 0 saturated heterocycles. The number of fused-ring (bicyclic) bond motifs is 1. The average Bonchev–Trinajstić information content (AvgIpc) is 2.77. The summed E-state index contributed by atoms with van der Waals surface area (Å²) in [5.41, 5.74) is 1.40. The second kappa shape index (κ2) is 10.5. The number of phenolic OH excluding ortho intramolecular Hbond substituents is 1. The summed E-state index contributed by atoms with van der Waals surface area (Å²) in [6.45, 7) is 0.204. The maximum atomic E-state index is 12.5. The lowest BCUT2D eigenvalue weighted by Crippen LogP contribution is -2.18. The third kappa shape index (κ3) is 5.67. The number of thiol groups is 1. The molecule has 1 amide bonds. The van der Waals surface area contributed by atoms with Gasteiger partial charge in [-0.15, -0.1) is 0 Å². The Morgan fingerprint density at radius 3 is 2.40 bits per heavy atom. The molecular formula is C23H23NO5S. The Balaban J connectivity index is 1.80. The van der Waals surface area contributed by atoms with Gasteiger partial charge >= 0.3 is 12.1 Å². The maximum absolute atomic E-state index is 12.5. The number of carbonyl (C=O) groups excluding carboxylic acids is 2. The molecule has 6 nitrogen and oxygen atoms in total. The first-order chi connectivity index (χ1) is 14.6. The van der Waals surface area contributed by atoms with Crippen LogP contribution in [0.2, 0.25) is 0 Å². The van der Waals surface area contributed by atoms with E-state index >= 15 is 0 Å². The molecule has 0 aliphatic carbocycles. The van der Waals surface area contributed by atoms with Gasteiger partial charge in [0.15, 0.2) is 0 Å².